The van der Waals surface area contributed by atoms with Crippen LogP contribution in [0, 0.1) is 6.92 Å². The fourth-order valence-electron chi connectivity index (χ4n) is 2.20. The van der Waals surface area contributed by atoms with Gasteiger partial charge >= 0.3 is 0 Å². The second kappa shape index (κ2) is 6.20. The molecule has 0 spiro atoms. The van der Waals surface area contributed by atoms with E-state index in [1.807, 2.05) is 25.1 Å². The van der Waals surface area contributed by atoms with E-state index in [1.54, 1.807) is 0 Å². The van der Waals surface area contributed by atoms with Crippen molar-refractivity contribution in [2.24, 2.45) is 5.84 Å². The number of hydrogen-bond acceptors (Lipinski definition) is 2. The summed E-state index contributed by atoms with van der Waals surface area (Å²) in [5.74, 6) is 5.72. The van der Waals surface area contributed by atoms with Gasteiger partial charge in [0.15, 0.2) is 0 Å². The van der Waals surface area contributed by atoms with Crippen molar-refractivity contribution >= 4 is 11.6 Å². The lowest BCUT2D eigenvalue weighted by Gasteiger charge is -2.19. The van der Waals surface area contributed by atoms with Crippen molar-refractivity contribution in [3.05, 3.63) is 69.7 Å². The molecule has 0 saturated heterocycles. The van der Waals surface area contributed by atoms with Gasteiger partial charge in [0.2, 0.25) is 0 Å². The smallest absolute Gasteiger partial charge is 0.0724 e. The Kier molecular flexibility index (Phi) is 4.59. The molecule has 0 amide bonds. The Balaban J connectivity index is 2.40. The van der Waals surface area contributed by atoms with E-state index < -0.39 is 0 Å². The van der Waals surface area contributed by atoms with Gasteiger partial charge in [0.05, 0.1) is 6.04 Å². The lowest BCUT2D eigenvalue weighted by molar-refractivity contribution is 0.636. The molecule has 2 rings (SSSR count). The fourth-order valence-corrected chi connectivity index (χ4v) is 2.44. The molecule has 1 atom stereocenters. The Morgan fingerprint density at radius 2 is 1.84 bits per heavy atom. The van der Waals surface area contributed by atoms with Gasteiger partial charge in [-0.1, -0.05) is 61.0 Å². The number of halogens is 1. The van der Waals surface area contributed by atoms with Gasteiger partial charge in [-0.3, -0.25) is 5.84 Å². The second-order valence-corrected chi connectivity index (χ2v) is 5.05. The van der Waals surface area contributed by atoms with Crippen LogP contribution in [0.5, 0.6) is 0 Å². The molecule has 3 heteroatoms. The Morgan fingerprint density at radius 1 is 1.16 bits per heavy atom. The van der Waals surface area contributed by atoms with E-state index in [9.17, 15) is 0 Å². The van der Waals surface area contributed by atoms with Gasteiger partial charge in [-0.15, -0.1) is 0 Å². The van der Waals surface area contributed by atoms with Crippen LogP contribution in [0.15, 0.2) is 42.5 Å². The van der Waals surface area contributed by atoms with Crippen molar-refractivity contribution in [2.45, 2.75) is 26.3 Å². The molecule has 100 valence electrons. The maximum Gasteiger partial charge on any atom is 0.0724 e. The first-order valence-electron chi connectivity index (χ1n) is 6.47. The van der Waals surface area contributed by atoms with Crippen molar-refractivity contribution in [1.29, 1.82) is 0 Å². The average Bonchev–Trinajstić information content (AvgIpc) is 2.45. The Hall–Kier alpha value is -1.35. The molecule has 0 aliphatic carbocycles. The van der Waals surface area contributed by atoms with Gasteiger partial charge in [-0.2, -0.15) is 0 Å². The maximum absolute atomic E-state index is 6.38. The van der Waals surface area contributed by atoms with Crippen molar-refractivity contribution in [3.8, 4) is 0 Å². The highest BCUT2D eigenvalue weighted by Crippen LogP contribution is 2.30. The van der Waals surface area contributed by atoms with Crippen LogP contribution in [0.4, 0.5) is 0 Å². The summed E-state index contributed by atoms with van der Waals surface area (Å²) < 4.78 is 0. The Bertz CT molecular complexity index is 549. The van der Waals surface area contributed by atoms with Crippen LogP contribution in [-0.4, -0.2) is 0 Å². The molecule has 0 aliphatic heterocycles. The van der Waals surface area contributed by atoms with Crippen LogP contribution in [0.3, 0.4) is 0 Å². The predicted molar refractivity (Wildman–Crippen MR) is 81.2 cm³/mol. The Morgan fingerprint density at radius 3 is 2.42 bits per heavy atom. The van der Waals surface area contributed by atoms with Crippen molar-refractivity contribution in [3.63, 3.8) is 0 Å². The van der Waals surface area contributed by atoms with Crippen molar-refractivity contribution in [2.75, 3.05) is 0 Å². The van der Waals surface area contributed by atoms with Gasteiger partial charge in [-0.25, -0.2) is 5.43 Å². The highest BCUT2D eigenvalue weighted by Gasteiger charge is 2.16. The fraction of sp³-hybridized carbons (Fsp3) is 0.250. The van der Waals surface area contributed by atoms with E-state index in [4.69, 9.17) is 17.4 Å². The zero-order valence-corrected chi connectivity index (χ0v) is 12.0. The van der Waals surface area contributed by atoms with Crippen LogP contribution in [0.1, 0.15) is 35.2 Å². The van der Waals surface area contributed by atoms with Gasteiger partial charge in [0, 0.05) is 5.02 Å². The number of aryl methyl sites for hydroxylation is 2. The maximum atomic E-state index is 6.38. The summed E-state index contributed by atoms with van der Waals surface area (Å²) in [6.45, 7) is 4.14. The third kappa shape index (κ3) is 2.98. The molecule has 0 aliphatic rings. The molecule has 0 fully saturated rings. The minimum atomic E-state index is -0.0849. The van der Waals surface area contributed by atoms with E-state index >= 15 is 0 Å². The van der Waals surface area contributed by atoms with Gasteiger partial charge in [0.1, 0.15) is 0 Å². The molecule has 0 radical (unpaired) electrons. The van der Waals surface area contributed by atoms with E-state index in [0.717, 1.165) is 28.1 Å². The van der Waals surface area contributed by atoms with Crippen LogP contribution in [-0.2, 0) is 6.42 Å². The number of hydrazine groups is 1. The van der Waals surface area contributed by atoms with Crippen LogP contribution < -0.4 is 11.3 Å². The normalized spacial score (nSPS) is 12.4. The number of nitrogens with one attached hydrogen (secondary N) is 1. The number of hydrogen-bond donors (Lipinski definition) is 2. The molecule has 0 heterocycles. The van der Waals surface area contributed by atoms with Crippen molar-refractivity contribution < 1.29 is 0 Å². The topological polar surface area (TPSA) is 38.0 Å². The first kappa shape index (κ1) is 14.1. The molecule has 3 N–H and O–H groups in total. The number of benzene rings is 2. The van der Waals surface area contributed by atoms with Gasteiger partial charge in [-0.05, 0) is 35.6 Å². The Labute approximate surface area is 119 Å². The number of nitrogens with two attached hydrogens (primary N) is 1. The molecule has 1 unspecified atom stereocenters. The van der Waals surface area contributed by atoms with Crippen LogP contribution in [0.25, 0.3) is 0 Å². The zero-order valence-electron chi connectivity index (χ0n) is 11.3. The summed E-state index contributed by atoms with van der Waals surface area (Å²) in [5.41, 5.74) is 7.36. The molecular weight excluding hydrogens is 256 g/mol. The first-order valence-corrected chi connectivity index (χ1v) is 6.85. The zero-order chi connectivity index (χ0) is 13.8. The standard InChI is InChI=1S/C16H19ClN2/c1-3-12-7-9-13(10-8-12)16(19-18)14-6-4-5-11(2)15(14)17/h4-10,16,19H,3,18H2,1-2H3. The summed E-state index contributed by atoms with van der Waals surface area (Å²) in [7, 11) is 0. The highest BCUT2D eigenvalue weighted by atomic mass is 35.5. The third-order valence-electron chi connectivity index (χ3n) is 3.42. The van der Waals surface area contributed by atoms with Crippen molar-refractivity contribution in [1.82, 2.24) is 5.43 Å². The SMILES string of the molecule is CCc1ccc(C(NN)c2cccc(C)c2Cl)cc1. The molecule has 2 aromatic rings. The van der Waals surface area contributed by atoms with E-state index in [-0.39, 0.29) is 6.04 Å². The molecule has 19 heavy (non-hydrogen) atoms. The second-order valence-electron chi connectivity index (χ2n) is 4.67. The molecule has 0 aromatic heterocycles. The lowest BCUT2D eigenvalue weighted by atomic mass is 9.96. The summed E-state index contributed by atoms with van der Waals surface area (Å²) in [4.78, 5) is 0. The lowest BCUT2D eigenvalue weighted by Crippen LogP contribution is -2.29. The predicted octanol–water partition coefficient (Wildman–Crippen LogP) is 3.76. The average molecular weight is 275 g/mol. The van der Waals surface area contributed by atoms with Crippen LogP contribution in [0.2, 0.25) is 5.02 Å². The van der Waals surface area contributed by atoms with E-state index in [2.05, 4.69) is 36.6 Å². The summed E-state index contributed by atoms with van der Waals surface area (Å²) in [5, 5.41) is 0.769. The monoisotopic (exact) mass is 274 g/mol. The number of rotatable bonds is 4. The molecule has 0 bridgehead atoms. The molecular formula is C16H19ClN2. The summed E-state index contributed by atoms with van der Waals surface area (Å²) in [6.07, 6.45) is 1.03. The van der Waals surface area contributed by atoms with Gasteiger partial charge < -0.3 is 0 Å². The minimum Gasteiger partial charge on any atom is -0.271 e. The largest absolute Gasteiger partial charge is 0.271 e. The molecule has 2 nitrogen and oxygen atoms in total. The van der Waals surface area contributed by atoms with E-state index in [1.165, 1.54) is 5.56 Å². The summed E-state index contributed by atoms with van der Waals surface area (Å²) >= 11 is 6.38. The van der Waals surface area contributed by atoms with Crippen LogP contribution >= 0.6 is 11.6 Å². The molecule has 2 aromatic carbocycles. The third-order valence-corrected chi connectivity index (χ3v) is 3.94. The van der Waals surface area contributed by atoms with Gasteiger partial charge in [0.25, 0.3) is 0 Å². The summed E-state index contributed by atoms with van der Waals surface area (Å²) in [6, 6.07) is 14.4. The first-order chi connectivity index (χ1) is 9.17. The quantitative estimate of drug-likeness (QED) is 0.658. The highest BCUT2D eigenvalue weighted by molar-refractivity contribution is 6.32. The minimum absolute atomic E-state index is 0.0849. The molecule has 0 saturated carbocycles. The van der Waals surface area contributed by atoms with E-state index in [0.29, 0.717) is 0 Å².